The highest BCUT2D eigenvalue weighted by Gasteiger charge is 2.47. The van der Waals surface area contributed by atoms with Gasteiger partial charge in [0.25, 0.3) is 0 Å². The molecule has 2 aliphatic rings. The fourth-order valence-corrected chi connectivity index (χ4v) is 2.74. The molecule has 0 bridgehead atoms. The van der Waals surface area contributed by atoms with Crippen molar-refractivity contribution < 1.29 is 14.7 Å². The Bertz CT molecular complexity index is 379. The van der Waals surface area contributed by atoms with Crippen molar-refractivity contribution in [2.75, 3.05) is 13.1 Å². The molecule has 2 rings (SSSR count). The van der Waals surface area contributed by atoms with E-state index in [4.69, 9.17) is 0 Å². The quantitative estimate of drug-likeness (QED) is 0.850. The zero-order chi connectivity index (χ0) is 14.2. The van der Waals surface area contributed by atoms with Crippen LogP contribution in [0.15, 0.2) is 0 Å². The number of carboxylic acids is 1. The number of rotatable bonds is 4. The lowest BCUT2D eigenvalue weighted by Gasteiger charge is -2.37. The summed E-state index contributed by atoms with van der Waals surface area (Å²) in [7, 11) is 0. The summed E-state index contributed by atoms with van der Waals surface area (Å²) in [4.78, 5) is 27.5. The summed E-state index contributed by atoms with van der Waals surface area (Å²) >= 11 is 0. The second-order valence-corrected chi connectivity index (χ2v) is 6.31. The topological polar surface area (TPSA) is 60.9 Å². The molecular weight excluding hydrogens is 244 g/mol. The minimum atomic E-state index is -1.03. The van der Waals surface area contributed by atoms with Gasteiger partial charge in [-0.1, -0.05) is 0 Å². The first kappa shape index (κ1) is 14.2. The average molecular weight is 268 g/mol. The predicted octanol–water partition coefficient (Wildman–Crippen LogP) is 2.17. The van der Waals surface area contributed by atoms with Gasteiger partial charge < -0.3 is 14.9 Å². The predicted molar refractivity (Wildman–Crippen MR) is 71.9 cm³/mol. The third-order valence-corrected chi connectivity index (χ3v) is 4.35. The Labute approximate surface area is 114 Å². The van der Waals surface area contributed by atoms with Crippen molar-refractivity contribution in [3.8, 4) is 0 Å². The molecule has 0 radical (unpaired) electrons. The molecule has 108 valence electrons. The number of nitrogens with zero attached hydrogens (tertiary/aromatic N) is 2. The van der Waals surface area contributed by atoms with Gasteiger partial charge in [-0.2, -0.15) is 0 Å². The second kappa shape index (κ2) is 5.02. The molecule has 2 fully saturated rings. The van der Waals surface area contributed by atoms with E-state index in [0.29, 0.717) is 18.9 Å². The second-order valence-electron chi connectivity index (χ2n) is 6.31. The first-order valence-electron chi connectivity index (χ1n) is 7.18. The zero-order valence-corrected chi connectivity index (χ0v) is 12.1. The van der Waals surface area contributed by atoms with Gasteiger partial charge in [0.05, 0.1) is 0 Å². The molecule has 19 heavy (non-hydrogen) atoms. The summed E-state index contributed by atoms with van der Waals surface area (Å²) in [5, 5.41) is 9.39. The molecule has 0 aromatic heterocycles. The van der Waals surface area contributed by atoms with Gasteiger partial charge in [0.2, 0.25) is 0 Å². The molecule has 1 unspecified atom stereocenters. The maximum Gasteiger partial charge on any atom is 0.329 e. The summed E-state index contributed by atoms with van der Waals surface area (Å²) in [6, 6.07) is 0.0102. The van der Waals surface area contributed by atoms with Gasteiger partial charge in [-0.25, -0.2) is 9.59 Å². The number of amides is 2. The van der Waals surface area contributed by atoms with E-state index in [-0.39, 0.29) is 12.1 Å². The highest BCUT2D eigenvalue weighted by atomic mass is 16.4. The number of urea groups is 1. The van der Waals surface area contributed by atoms with Crippen LogP contribution in [-0.4, -0.2) is 51.6 Å². The van der Waals surface area contributed by atoms with Gasteiger partial charge in [-0.3, -0.25) is 0 Å². The fourth-order valence-electron chi connectivity index (χ4n) is 2.74. The van der Waals surface area contributed by atoms with Gasteiger partial charge in [-0.05, 0) is 52.4 Å². The molecule has 1 atom stereocenters. The maximum atomic E-state index is 12.7. The van der Waals surface area contributed by atoms with Crippen LogP contribution in [0.2, 0.25) is 0 Å². The van der Waals surface area contributed by atoms with Crippen molar-refractivity contribution in [1.29, 1.82) is 0 Å². The molecule has 1 aliphatic carbocycles. The molecule has 5 heteroatoms. The van der Waals surface area contributed by atoms with Crippen LogP contribution in [0.3, 0.4) is 0 Å². The van der Waals surface area contributed by atoms with Crippen LogP contribution < -0.4 is 0 Å². The summed E-state index contributed by atoms with van der Waals surface area (Å²) < 4.78 is 0. The Morgan fingerprint density at radius 3 is 2.53 bits per heavy atom. The number of aliphatic carboxylic acids is 1. The van der Waals surface area contributed by atoms with Crippen LogP contribution in [0.4, 0.5) is 4.79 Å². The van der Waals surface area contributed by atoms with Gasteiger partial charge in [0.15, 0.2) is 0 Å². The number of carbonyl (C=O) groups excluding carboxylic acids is 1. The van der Waals surface area contributed by atoms with E-state index in [9.17, 15) is 14.7 Å². The molecule has 5 nitrogen and oxygen atoms in total. The lowest BCUT2D eigenvalue weighted by Crippen LogP contribution is -2.56. The van der Waals surface area contributed by atoms with Crippen LogP contribution in [0, 0.1) is 5.92 Å². The highest BCUT2D eigenvalue weighted by molar-refractivity contribution is 5.86. The van der Waals surface area contributed by atoms with E-state index < -0.39 is 11.5 Å². The standard InChI is InChI=1S/C14H24N2O3/c1-10(2)15(9-11-5-6-11)13(19)16-8-4-7-14(16,3)12(17)18/h10-11H,4-9H2,1-3H3,(H,17,18). The third kappa shape index (κ3) is 2.69. The first-order chi connectivity index (χ1) is 8.86. The Kier molecular flexibility index (Phi) is 3.74. The maximum absolute atomic E-state index is 12.7. The van der Waals surface area contributed by atoms with Crippen molar-refractivity contribution in [3.05, 3.63) is 0 Å². The summed E-state index contributed by atoms with van der Waals surface area (Å²) in [5.74, 6) is -0.279. The molecule has 1 aliphatic heterocycles. The molecule has 1 saturated carbocycles. The SMILES string of the molecule is CC(C)N(CC1CC1)C(=O)N1CCCC1(C)C(=O)O. The largest absolute Gasteiger partial charge is 0.480 e. The third-order valence-electron chi connectivity index (χ3n) is 4.35. The van der Waals surface area contributed by atoms with Crippen LogP contribution in [0.1, 0.15) is 46.5 Å². The minimum Gasteiger partial charge on any atom is -0.480 e. The van der Waals surface area contributed by atoms with Crippen molar-refractivity contribution >= 4 is 12.0 Å². The molecule has 1 saturated heterocycles. The van der Waals surface area contributed by atoms with Crippen molar-refractivity contribution in [2.45, 2.75) is 58.0 Å². The minimum absolute atomic E-state index is 0.107. The molecular formula is C14H24N2O3. The smallest absolute Gasteiger partial charge is 0.329 e. The summed E-state index contributed by atoms with van der Waals surface area (Å²) in [5.41, 5.74) is -1.03. The molecule has 0 aromatic carbocycles. The molecule has 1 N–H and O–H groups in total. The molecule has 0 spiro atoms. The van der Waals surface area contributed by atoms with Crippen molar-refractivity contribution in [1.82, 2.24) is 9.80 Å². The number of likely N-dealkylation sites (tertiary alicyclic amines) is 1. The fraction of sp³-hybridized carbons (Fsp3) is 0.857. The zero-order valence-electron chi connectivity index (χ0n) is 12.1. The Morgan fingerprint density at radius 1 is 1.42 bits per heavy atom. The molecule has 2 amide bonds. The van der Waals surface area contributed by atoms with Crippen molar-refractivity contribution in [2.24, 2.45) is 5.92 Å². The average Bonchev–Trinajstić information content (AvgIpc) is 3.06. The van der Waals surface area contributed by atoms with Crippen LogP contribution in [0.25, 0.3) is 0 Å². The van der Waals surface area contributed by atoms with Gasteiger partial charge in [-0.15, -0.1) is 0 Å². The number of carbonyl (C=O) groups is 2. The number of hydrogen-bond acceptors (Lipinski definition) is 2. The Balaban J connectivity index is 2.13. The van der Waals surface area contributed by atoms with Gasteiger partial charge >= 0.3 is 12.0 Å². The van der Waals surface area contributed by atoms with E-state index in [1.165, 1.54) is 12.8 Å². The molecule has 1 heterocycles. The Morgan fingerprint density at radius 2 is 2.05 bits per heavy atom. The normalized spacial score (nSPS) is 26.8. The van der Waals surface area contributed by atoms with Gasteiger partial charge in [0, 0.05) is 19.1 Å². The molecule has 0 aromatic rings. The first-order valence-corrected chi connectivity index (χ1v) is 7.18. The van der Waals surface area contributed by atoms with Crippen molar-refractivity contribution in [3.63, 3.8) is 0 Å². The Hall–Kier alpha value is -1.26. The van der Waals surface area contributed by atoms with E-state index in [1.54, 1.807) is 11.8 Å². The lowest BCUT2D eigenvalue weighted by molar-refractivity contribution is -0.147. The highest BCUT2D eigenvalue weighted by Crippen LogP contribution is 2.34. The van der Waals surface area contributed by atoms with Crippen LogP contribution in [0.5, 0.6) is 0 Å². The number of hydrogen-bond donors (Lipinski definition) is 1. The van der Waals surface area contributed by atoms with Crippen LogP contribution in [-0.2, 0) is 4.79 Å². The van der Waals surface area contributed by atoms with E-state index in [1.807, 2.05) is 18.7 Å². The number of carboxylic acid groups (broad SMARTS) is 1. The summed E-state index contributed by atoms with van der Waals surface area (Å²) in [6.07, 6.45) is 3.69. The van der Waals surface area contributed by atoms with E-state index in [0.717, 1.165) is 13.0 Å². The lowest BCUT2D eigenvalue weighted by atomic mass is 9.99. The van der Waals surface area contributed by atoms with Crippen LogP contribution >= 0.6 is 0 Å². The monoisotopic (exact) mass is 268 g/mol. The van der Waals surface area contributed by atoms with E-state index >= 15 is 0 Å². The summed E-state index contributed by atoms with van der Waals surface area (Å²) in [6.45, 7) is 6.97. The van der Waals surface area contributed by atoms with Gasteiger partial charge in [0.1, 0.15) is 5.54 Å². The van der Waals surface area contributed by atoms with E-state index in [2.05, 4.69) is 0 Å².